The molecule has 1 amide bonds. The summed E-state index contributed by atoms with van der Waals surface area (Å²) in [4.78, 5) is 13.2. The maximum Gasteiger partial charge on any atom is 0.253 e. The van der Waals surface area contributed by atoms with Crippen molar-refractivity contribution in [1.82, 2.24) is 4.90 Å². The van der Waals surface area contributed by atoms with E-state index in [0.29, 0.717) is 17.9 Å². The third kappa shape index (κ3) is 3.60. The van der Waals surface area contributed by atoms with Crippen LogP contribution in [0.5, 0.6) is 0 Å². The van der Waals surface area contributed by atoms with Gasteiger partial charge in [0.15, 0.2) is 0 Å². The number of hydrogen-bond donors (Lipinski definition) is 0. The van der Waals surface area contributed by atoms with E-state index in [-0.39, 0.29) is 5.91 Å². The molecule has 3 heteroatoms. The van der Waals surface area contributed by atoms with Gasteiger partial charge in [0, 0.05) is 37.5 Å². The molecule has 0 aliphatic heterocycles. The molecule has 84 valence electrons. The van der Waals surface area contributed by atoms with Crippen molar-refractivity contribution in [3.8, 4) is 11.8 Å². The summed E-state index contributed by atoms with van der Waals surface area (Å²) in [6, 6.07) is 7.30. The molecule has 2 nitrogen and oxygen atoms in total. The summed E-state index contributed by atoms with van der Waals surface area (Å²) in [5.74, 6) is 6.43. The summed E-state index contributed by atoms with van der Waals surface area (Å²) in [6.45, 7) is 0. The zero-order chi connectivity index (χ0) is 12.0. The molecular weight excluding hydrogens is 222 g/mol. The average molecular weight is 236 g/mol. The van der Waals surface area contributed by atoms with Gasteiger partial charge in [0.1, 0.15) is 0 Å². The van der Waals surface area contributed by atoms with Crippen molar-refractivity contribution in [2.24, 2.45) is 0 Å². The van der Waals surface area contributed by atoms with E-state index < -0.39 is 0 Å². The fraction of sp³-hybridized carbons (Fsp3) is 0.308. The van der Waals surface area contributed by atoms with Crippen LogP contribution in [0.25, 0.3) is 0 Å². The fourth-order valence-corrected chi connectivity index (χ4v) is 1.29. The minimum Gasteiger partial charge on any atom is -0.345 e. The smallest absolute Gasteiger partial charge is 0.253 e. The third-order valence-electron chi connectivity index (χ3n) is 1.97. The lowest BCUT2D eigenvalue weighted by Gasteiger charge is -2.09. The Balaban J connectivity index is 2.88. The Morgan fingerprint density at radius 3 is 2.81 bits per heavy atom. The predicted octanol–water partition coefficient (Wildman–Crippen LogP) is 2.37. The first-order valence-electron chi connectivity index (χ1n) is 5.01. The molecule has 0 heterocycles. The van der Waals surface area contributed by atoms with Crippen molar-refractivity contribution in [2.75, 3.05) is 20.0 Å². The summed E-state index contributed by atoms with van der Waals surface area (Å²) in [7, 11) is 3.46. The van der Waals surface area contributed by atoms with Gasteiger partial charge in [0.2, 0.25) is 0 Å². The third-order valence-corrected chi connectivity index (χ3v) is 2.16. The van der Waals surface area contributed by atoms with Gasteiger partial charge in [-0.15, -0.1) is 11.6 Å². The van der Waals surface area contributed by atoms with Crippen molar-refractivity contribution in [3.63, 3.8) is 0 Å². The van der Waals surface area contributed by atoms with Crippen molar-refractivity contribution < 1.29 is 4.79 Å². The number of benzene rings is 1. The van der Waals surface area contributed by atoms with Gasteiger partial charge in [0.25, 0.3) is 5.91 Å². The quantitative estimate of drug-likeness (QED) is 0.569. The van der Waals surface area contributed by atoms with E-state index in [1.54, 1.807) is 31.1 Å². The standard InChI is InChI=1S/C13H14ClNO/c1-15(2)13(16)12-8-5-7-11(10-12)6-3-4-9-14/h5,7-8,10H,4,9H2,1-2H3. The molecule has 0 atom stereocenters. The van der Waals surface area contributed by atoms with E-state index in [1.807, 2.05) is 12.1 Å². The number of halogens is 1. The normalized spacial score (nSPS) is 9.19. The van der Waals surface area contributed by atoms with E-state index in [9.17, 15) is 4.79 Å². The van der Waals surface area contributed by atoms with Gasteiger partial charge in [0.05, 0.1) is 0 Å². The number of amides is 1. The first-order chi connectivity index (χ1) is 7.65. The zero-order valence-corrected chi connectivity index (χ0v) is 10.2. The fourth-order valence-electron chi connectivity index (χ4n) is 1.20. The van der Waals surface area contributed by atoms with E-state index in [0.717, 1.165) is 5.56 Å². The van der Waals surface area contributed by atoms with E-state index >= 15 is 0 Å². The van der Waals surface area contributed by atoms with Crippen LogP contribution in [-0.2, 0) is 0 Å². The number of carbonyl (C=O) groups excluding carboxylic acids is 1. The van der Waals surface area contributed by atoms with Crippen LogP contribution in [0.2, 0.25) is 0 Å². The van der Waals surface area contributed by atoms with Crippen LogP contribution < -0.4 is 0 Å². The zero-order valence-electron chi connectivity index (χ0n) is 9.46. The number of alkyl halides is 1. The van der Waals surface area contributed by atoms with Crippen LogP contribution >= 0.6 is 11.6 Å². The average Bonchev–Trinajstić information content (AvgIpc) is 2.29. The summed E-state index contributed by atoms with van der Waals surface area (Å²) in [5, 5.41) is 0. The van der Waals surface area contributed by atoms with Crippen molar-refractivity contribution in [3.05, 3.63) is 35.4 Å². The largest absolute Gasteiger partial charge is 0.345 e. The maximum absolute atomic E-state index is 11.7. The van der Waals surface area contributed by atoms with Crippen LogP contribution in [0.3, 0.4) is 0 Å². The second-order valence-electron chi connectivity index (χ2n) is 3.52. The molecule has 0 saturated carbocycles. The van der Waals surface area contributed by atoms with E-state index in [4.69, 9.17) is 11.6 Å². The lowest BCUT2D eigenvalue weighted by molar-refractivity contribution is 0.0827. The van der Waals surface area contributed by atoms with Gasteiger partial charge >= 0.3 is 0 Å². The van der Waals surface area contributed by atoms with Gasteiger partial charge in [-0.05, 0) is 18.2 Å². The minimum atomic E-state index is -0.0130. The maximum atomic E-state index is 11.7. The number of rotatable bonds is 2. The molecule has 0 fully saturated rings. The Hall–Kier alpha value is -1.46. The summed E-state index contributed by atoms with van der Waals surface area (Å²) in [5.41, 5.74) is 1.50. The molecule has 0 saturated heterocycles. The highest BCUT2D eigenvalue weighted by Crippen LogP contribution is 2.06. The molecule has 0 unspecified atom stereocenters. The Morgan fingerprint density at radius 1 is 1.44 bits per heavy atom. The predicted molar refractivity (Wildman–Crippen MR) is 66.7 cm³/mol. The first-order valence-corrected chi connectivity index (χ1v) is 5.55. The molecule has 0 radical (unpaired) electrons. The Labute approximate surface area is 101 Å². The Kier molecular flexibility index (Phi) is 4.88. The molecule has 0 bridgehead atoms. The van der Waals surface area contributed by atoms with Gasteiger partial charge in [-0.1, -0.05) is 17.9 Å². The molecule has 0 aliphatic carbocycles. The van der Waals surface area contributed by atoms with Crippen molar-refractivity contribution in [2.45, 2.75) is 6.42 Å². The molecule has 0 aliphatic rings. The van der Waals surface area contributed by atoms with Crippen LogP contribution in [-0.4, -0.2) is 30.8 Å². The summed E-state index contributed by atoms with van der Waals surface area (Å²) in [6.07, 6.45) is 0.660. The van der Waals surface area contributed by atoms with E-state index in [1.165, 1.54) is 0 Å². The van der Waals surface area contributed by atoms with Crippen LogP contribution in [0.15, 0.2) is 24.3 Å². The topological polar surface area (TPSA) is 20.3 Å². The Morgan fingerprint density at radius 2 is 2.19 bits per heavy atom. The van der Waals surface area contributed by atoms with Gasteiger partial charge < -0.3 is 4.90 Å². The summed E-state index contributed by atoms with van der Waals surface area (Å²) < 4.78 is 0. The van der Waals surface area contributed by atoms with Gasteiger partial charge in [-0.2, -0.15) is 0 Å². The van der Waals surface area contributed by atoms with Crippen LogP contribution in [0, 0.1) is 11.8 Å². The van der Waals surface area contributed by atoms with Crippen molar-refractivity contribution in [1.29, 1.82) is 0 Å². The molecule has 0 N–H and O–H groups in total. The molecule has 1 aromatic carbocycles. The minimum absolute atomic E-state index is 0.0130. The van der Waals surface area contributed by atoms with Crippen LogP contribution in [0.4, 0.5) is 0 Å². The molecule has 16 heavy (non-hydrogen) atoms. The number of hydrogen-bond acceptors (Lipinski definition) is 1. The lowest BCUT2D eigenvalue weighted by Crippen LogP contribution is -2.21. The number of carbonyl (C=O) groups is 1. The highest BCUT2D eigenvalue weighted by molar-refractivity contribution is 6.18. The highest BCUT2D eigenvalue weighted by Gasteiger charge is 2.06. The molecule has 0 aromatic heterocycles. The second-order valence-corrected chi connectivity index (χ2v) is 3.90. The molecular formula is C13H14ClNO. The lowest BCUT2D eigenvalue weighted by atomic mass is 10.1. The van der Waals surface area contributed by atoms with E-state index in [2.05, 4.69) is 11.8 Å². The molecule has 1 rings (SSSR count). The Bertz CT molecular complexity index is 429. The SMILES string of the molecule is CN(C)C(=O)c1cccc(C#CCCCl)c1. The van der Waals surface area contributed by atoms with Crippen LogP contribution in [0.1, 0.15) is 22.3 Å². The first kappa shape index (κ1) is 12.6. The van der Waals surface area contributed by atoms with Gasteiger partial charge in [-0.3, -0.25) is 4.79 Å². The monoisotopic (exact) mass is 235 g/mol. The molecule has 1 aromatic rings. The second kappa shape index (κ2) is 6.19. The molecule has 0 spiro atoms. The summed E-state index contributed by atoms with van der Waals surface area (Å²) >= 11 is 5.53. The highest BCUT2D eigenvalue weighted by atomic mass is 35.5. The number of nitrogens with zero attached hydrogens (tertiary/aromatic N) is 1. The van der Waals surface area contributed by atoms with Crippen molar-refractivity contribution >= 4 is 17.5 Å². The van der Waals surface area contributed by atoms with Gasteiger partial charge in [-0.25, -0.2) is 0 Å².